The highest BCUT2D eigenvalue weighted by Gasteiger charge is 2.14. The number of rotatable bonds is 1. The molecule has 0 atom stereocenters. The van der Waals surface area contributed by atoms with Crippen molar-refractivity contribution >= 4 is 24.3 Å². The molecule has 3 heteroatoms. The van der Waals surface area contributed by atoms with Gasteiger partial charge >= 0.3 is 0 Å². The van der Waals surface area contributed by atoms with Crippen LogP contribution in [0.4, 0.5) is 0 Å². The van der Waals surface area contributed by atoms with E-state index in [9.17, 15) is 0 Å². The number of H-pyrrole nitrogens is 1. The zero-order chi connectivity index (χ0) is 11.2. The second-order valence-corrected chi connectivity index (χ2v) is 4.58. The predicted octanol–water partition coefficient (Wildman–Crippen LogP) is 1.56. The molecule has 1 N–H and O–H groups in total. The number of hydrogen-bond acceptors (Lipinski definition) is 1. The topological polar surface area (TPSA) is 28.7 Å². The molecule has 0 spiro atoms. The van der Waals surface area contributed by atoms with E-state index in [1.807, 2.05) is 6.20 Å². The van der Waals surface area contributed by atoms with Gasteiger partial charge in [-0.05, 0) is 36.5 Å². The van der Waals surface area contributed by atoms with Crippen LogP contribution in [0.15, 0.2) is 6.20 Å². The third-order valence-electron chi connectivity index (χ3n) is 3.15. The normalized spacial score (nSPS) is 11.5. The number of aromatic nitrogens is 2. The maximum absolute atomic E-state index is 4.39. The van der Waals surface area contributed by atoms with E-state index in [4.69, 9.17) is 0 Å². The SMILES string of the molecule is Bc1ncc2[nH]c(C)c(C(C)C)c2c1C. The maximum atomic E-state index is 4.39. The Balaban J connectivity index is 2.90. The summed E-state index contributed by atoms with van der Waals surface area (Å²) in [5.74, 6) is 0.555. The molecule has 2 heterocycles. The average molecular weight is 200 g/mol. The lowest BCUT2D eigenvalue weighted by Gasteiger charge is -2.08. The molecule has 0 saturated heterocycles. The van der Waals surface area contributed by atoms with Gasteiger partial charge in [0, 0.05) is 11.1 Å². The minimum Gasteiger partial charge on any atom is -0.357 e. The second kappa shape index (κ2) is 3.40. The molecule has 0 saturated carbocycles. The summed E-state index contributed by atoms with van der Waals surface area (Å²) in [5, 5.41) is 1.37. The maximum Gasteiger partial charge on any atom is 0.164 e. The molecular formula is C12H17BN2. The molecule has 0 radical (unpaired) electrons. The summed E-state index contributed by atoms with van der Waals surface area (Å²) in [6.45, 7) is 8.78. The monoisotopic (exact) mass is 200 g/mol. The van der Waals surface area contributed by atoms with Gasteiger partial charge in [-0.15, -0.1) is 0 Å². The summed E-state index contributed by atoms with van der Waals surface area (Å²) in [6, 6.07) is 0. The zero-order valence-electron chi connectivity index (χ0n) is 10.1. The van der Waals surface area contributed by atoms with Gasteiger partial charge in [-0.25, -0.2) is 0 Å². The molecule has 2 rings (SSSR count). The molecule has 0 aliphatic carbocycles. The number of nitrogens with one attached hydrogen (secondary N) is 1. The lowest BCUT2D eigenvalue weighted by molar-refractivity contribution is 0.863. The Bertz CT molecular complexity index is 512. The summed E-state index contributed by atoms with van der Waals surface area (Å²) in [5.41, 5.74) is 6.31. The number of aryl methyl sites for hydroxylation is 2. The number of hydrogen-bond donors (Lipinski definition) is 1. The quantitative estimate of drug-likeness (QED) is 0.695. The smallest absolute Gasteiger partial charge is 0.164 e. The van der Waals surface area contributed by atoms with Gasteiger partial charge in [0.2, 0.25) is 0 Å². The van der Waals surface area contributed by atoms with Crippen LogP contribution in [0.1, 0.15) is 36.6 Å². The molecule has 0 amide bonds. The van der Waals surface area contributed by atoms with E-state index < -0.39 is 0 Å². The molecule has 0 aliphatic rings. The second-order valence-electron chi connectivity index (χ2n) is 4.58. The highest BCUT2D eigenvalue weighted by Crippen LogP contribution is 2.29. The van der Waals surface area contributed by atoms with Crippen molar-refractivity contribution < 1.29 is 0 Å². The Morgan fingerprint density at radius 1 is 1.33 bits per heavy atom. The fourth-order valence-electron chi connectivity index (χ4n) is 2.33. The zero-order valence-corrected chi connectivity index (χ0v) is 10.1. The molecule has 2 aromatic heterocycles. The molecule has 0 unspecified atom stereocenters. The number of nitrogens with zero attached hydrogens (tertiary/aromatic N) is 1. The van der Waals surface area contributed by atoms with Crippen LogP contribution in [0.3, 0.4) is 0 Å². The molecule has 2 nitrogen and oxygen atoms in total. The number of aromatic amines is 1. The highest BCUT2D eigenvalue weighted by molar-refractivity contribution is 6.32. The van der Waals surface area contributed by atoms with Crippen LogP contribution in [0, 0.1) is 13.8 Å². The highest BCUT2D eigenvalue weighted by atomic mass is 14.8. The first-order valence-electron chi connectivity index (χ1n) is 5.46. The van der Waals surface area contributed by atoms with Gasteiger partial charge < -0.3 is 4.98 Å². The largest absolute Gasteiger partial charge is 0.357 e. The Hall–Kier alpha value is -1.25. The van der Waals surface area contributed by atoms with Crippen LogP contribution >= 0.6 is 0 Å². The minimum absolute atomic E-state index is 0.555. The van der Waals surface area contributed by atoms with Crippen molar-refractivity contribution in [3.63, 3.8) is 0 Å². The molecule has 0 aromatic carbocycles. The standard InChI is InChI=1S/C12H17BN2/c1-6(2)10-8(4)15-9-5-14-12(13)7(3)11(9)10/h5-6,15H,13H2,1-4H3. The van der Waals surface area contributed by atoms with Gasteiger partial charge in [-0.1, -0.05) is 13.8 Å². The minimum atomic E-state index is 0.555. The van der Waals surface area contributed by atoms with Crippen LogP contribution in [-0.2, 0) is 0 Å². The van der Waals surface area contributed by atoms with Crippen molar-refractivity contribution in [2.45, 2.75) is 33.6 Å². The van der Waals surface area contributed by atoms with Crippen molar-refractivity contribution in [3.8, 4) is 0 Å². The Labute approximate surface area is 91.5 Å². The fraction of sp³-hybridized carbons (Fsp3) is 0.417. The van der Waals surface area contributed by atoms with Gasteiger partial charge in [-0.3, -0.25) is 4.98 Å². The van der Waals surface area contributed by atoms with Gasteiger partial charge in [0.15, 0.2) is 7.85 Å². The van der Waals surface area contributed by atoms with Gasteiger partial charge in [0.05, 0.1) is 11.7 Å². The van der Waals surface area contributed by atoms with Crippen molar-refractivity contribution in [1.29, 1.82) is 0 Å². The first-order valence-corrected chi connectivity index (χ1v) is 5.46. The molecule has 15 heavy (non-hydrogen) atoms. The van der Waals surface area contributed by atoms with E-state index in [-0.39, 0.29) is 0 Å². The first-order chi connectivity index (χ1) is 7.02. The van der Waals surface area contributed by atoms with E-state index in [1.165, 1.54) is 27.7 Å². The average Bonchev–Trinajstić information content (AvgIpc) is 2.49. The summed E-state index contributed by atoms with van der Waals surface area (Å²) >= 11 is 0. The van der Waals surface area contributed by atoms with E-state index in [2.05, 4.69) is 45.5 Å². The fourth-order valence-corrected chi connectivity index (χ4v) is 2.33. The van der Waals surface area contributed by atoms with Crippen molar-refractivity contribution in [2.75, 3.05) is 0 Å². The van der Waals surface area contributed by atoms with E-state index in [0.29, 0.717) is 5.92 Å². The Morgan fingerprint density at radius 3 is 2.60 bits per heavy atom. The molecule has 0 bridgehead atoms. The number of pyridine rings is 1. The van der Waals surface area contributed by atoms with Gasteiger partial charge in [0.1, 0.15) is 0 Å². The molecule has 0 fully saturated rings. The first kappa shape index (κ1) is 10.3. The van der Waals surface area contributed by atoms with Crippen molar-refractivity contribution in [2.24, 2.45) is 0 Å². The van der Waals surface area contributed by atoms with Crippen LogP contribution < -0.4 is 5.59 Å². The summed E-state index contributed by atoms with van der Waals surface area (Å²) in [6.07, 6.45) is 1.94. The number of fused-ring (bicyclic) bond motifs is 1. The van der Waals surface area contributed by atoms with Crippen LogP contribution in [0.25, 0.3) is 10.9 Å². The van der Waals surface area contributed by atoms with Crippen LogP contribution in [0.5, 0.6) is 0 Å². The Morgan fingerprint density at radius 2 is 2.00 bits per heavy atom. The molecule has 78 valence electrons. The van der Waals surface area contributed by atoms with Crippen LogP contribution in [-0.4, -0.2) is 17.8 Å². The molecular weight excluding hydrogens is 183 g/mol. The summed E-state index contributed by atoms with van der Waals surface area (Å²) in [7, 11) is 2.07. The van der Waals surface area contributed by atoms with Crippen molar-refractivity contribution in [3.05, 3.63) is 23.0 Å². The lowest BCUT2D eigenvalue weighted by Crippen LogP contribution is -2.12. The van der Waals surface area contributed by atoms with E-state index in [1.54, 1.807) is 0 Å². The summed E-state index contributed by atoms with van der Waals surface area (Å²) < 4.78 is 0. The third-order valence-corrected chi connectivity index (χ3v) is 3.15. The lowest BCUT2D eigenvalue weighted by atomic mass is 9.91. The molecule has 2 aromatic rings. The summed E-state index contributed by atoms with van der Waals surface area (Å²) in [4.78, 5) is 7.80. The van der Waals surface area contributed by atoms with Gasteiger partial charge in [-0.2, -0.15) is 0 Å². The van der Waals surface area contributed by atoms with E-state index >= 15 is 0 Å². The Kier molecular flexibility index (Phi) is 2.33. The van der Waals surface area contributed by atoms with Crippen LogP contribution in [0.2, 0.25) is 0 Å². The van der Waals surface area contributed by atoms with Crippen molar-refractivity contribution in [1.82, 2.24) is 9.97 Å². The predicted molar refractivity (Wildman–Crippen MR) is 67.8 cm³/mol. The third kappa shape index (κ3) is 1.46. The van der Waals surface area contributed by atoms with Gasteiger partial charge in [0.25, 0.3) is 0 Å². The molecule has 0 aliphatic heterocycles. The van der Waals surface area contributed by atoms with E-state index in [0.717, 1.165) is 5.59 Å².